The van der Waals surface area contributed by atoms with Gasteiger partial charge < -0.3 is 9.47 Å². The molecule has 0 spiro atoms. The molecule has 0 aliphatic rings. The second-order valence-corrected chi connectivity index (χ2v) is 4.45. The molecule has 8 heteroatoms. The number of ether oxygens (including phenoxy) is 2. The van der Waals surface area contributed by atoms with E-state index in [4.69, 9.17) is 0 Å². The van der Waals surface area contributed by atoms with Crippen molar-refractivity contribution in [2.75, 3.05) is 13.2 Å². The zero-order valence-corrected chi connectivity index (χ0v) is 10.1. The Hall–Kier alpha value is -1.34. The smallest absolute Gasteiger partial charge is 0.401 e. The van der Waals surface area contributed by atoms with Gasteiger partial charge in [0.25, 0.3) is 0 Å². The predicted molar refractivity (Wildman–Crippen MR) is 52.3 cm³/mol. The molecule has 0 rings (SSSR count). The van der Waals surface area contributed by atoms with Gasteiger partial charge in [0.15, 0.2) is 0 Å². The molecule has 0 radical (unpaired) electrons. The first-order valence-corrected chi connectivity index (χ1v) is 5.00. The van der Waals surface area contributed by atoms with Crippen LogP contribution in [0.1, 0.15) is 20.8 Å². The second-order valence-electron chi connectivity index (χ2n) is 4.45. The van der Waals surface area contributed by atoms with Crippen molar-refractivity contribution < 1.29 is 36.6 Å². The van der Waals surface area contributed by atoms with Crippen LogP contribution < -0.4 is 0 Å². The molecule has 0 fully saturated rings. The van der Waals surface area contributed by atoms with Crippen molar-refractivity contribution in [3.05, 3.63) is 0 Å². The van der Waals surface area contributed by atoms with Gasteiger partial charge in [-0.2, -0.15) is 8.78 Å². The minimum atomic E-state index is -4.85. The number of carbonyl (C=O) groups is 2. The highest BCUT2D eigenvalue weighted by Crippen LogP contribution is 2.24. The molecule has 0 N–H and O–H groups in total. The highest BCUT2D eigenvalue weighted by Gasteiger charge is 2.50. The SMILES string of the molecule is CC(C)(C)C(=O)OCCOC(=O)C(F)(F)C(F)F. The average molecular weight is 274 g/mol. The number of carbonyl (C=O) groups excluding carboxylic acids is 2. The third-order valence-electron chi connectivity index (χ3n) is 1.71. The minimum Gasteiger partial charge on any atom is -0.462 e. The fourth-order valence-electron chi connectivity index (χ4n) is 0.671. The summed E-state index contributed by atoms with van der Waals surface area (Å²) in [6.45, 7) is 3.51. The Morgan fingerprint density at radius 2 is 1.39 bits per heavy atom. The summed E-state index contributed by atoms with van der Waals surface area (Å²) in [5.41, 5.74) is -0.795. The lowest BCUT2D eigenvalue weighted by molar-refractivity contribution is -0.195. The van der Waals surface area contributed by atoms with Gasteiger partial charge in [-0.3, -0.25) is 4.79 Å². The third-order valence-corrected chi connectivity index (χ3v) is 1.71. The molecule has 0 saturated heterocycles. The standard InChI is InChI=1S/C10H14F4O4/c1-9(2,3)7(15)17-4-5-18-8(16)10(13,14)6(11)12/h6H,4-5H2,1-3H3. The summed E-state index contributed by atoms with van der Waals surface area (Å²) in [4.78, 5) is 21.7. The average Bonchev–Trinajstić information content (AvgIpc) is 2.21. The molecule has 0 aromatic heterocycles. The van der Waals surface area contributed by atoms with Crippen LogP contribution in [0.15, 0.2) is 0 Å². The van der Waals surface area contributed by atoms with E-state index in [-0.39, 0.29) is 0 Å². The molecule has 0 aliphatic heterocycles. The topological polar surface area (TPSA) is 52.6 Å². The van der Waals surface area contributed by atoms with Gasteiger partial charge in [-0.1, -0.05) is 0 Å². The molecule has 0 heterocycles. The van der Waals surface area contributed by atoms with Gasteiger partial charge in [0.1, 0.15) is 13.2 Å². The van der Waals surface area contributed by atoms with Crippen LogP contribution in [0.5, 0.6) is 0 Å². The fraction of sp³-hybridized carbons (Fsp3) is 0.800. The number of hydrogen-bond acceptors (Lipinski definition) is 4. The van der Waals surface area contributed by atoms with Gasteiger partial charge in [-0.05, 0) is 20.8 Å². The van der Waals surface area contributed by atoms with Crippen molar-refractivity contribution in [3.8, 4) is 0 Å². The van der Waals surface area contributed by atoms with Gasteiger partial charge in [0.05, 0.1) is 5.41 Å². The molecule has 4 nitrogen and oxygen atoms in total. The lowest BCUT2D eigenvalue weighted by Crippen LogP contribution is -2.38. The lowest BCUT2D eigenvalue weighted by Gasteiger charge is -2.17. The maximum Gasteiger partial charge on any atom is 0.401 e. The summed E-state index contributed by atoms with van der Waals surface area (Å²) in [6.07, 6.45) is -4.14. The first kappa shape index (κ1) is 16.7. The number of esters is 2. The van der Waals surface area contributed by atoms with E-state index >= 15 is 0 Å². The number of hydrogen-bond donors (Lipinski definition) is 0. The van der Waals surface area contributed by atoms with Gasteiger partial charge in [0.2, 0.25) is 0 Å². The Labute approximate surface area is 101 Å². The van der Waals surface area contributed by atoms with E-state index in [1.807, 2.05) is 0 Å². The van der Waals surface area contributed by atoms with Crippen molar-refractivity contribution in [3.63, 3.8) is 0 Å². The number of halogens is 4. The van der Waals surface area contributed by atoms with Crippen LogP contribution in [0.3, 0.4) is 0 Å². The van der Waals surface area contributed by atoms with Crippen LogP contribution in [-0.4, -0.2) is 37.5 Å². The summed E-state index contributed by atoms with van der Waals surface area (Å²) in [7, 11) is 0. The molecule has 0 aromatic carbocycles. The van der Waals surface area contributed by atoms with Crippen molar-refractivity contribution in [2.45, 2.75) is 33.1 Å². The molecular weight excluding hydrogens is 260 g/mol. The van der Waals surface area contributed by atoms with Gasteiger partial charge >= 0.3 is 24.3 Å². The Morgan fingerprint density at radius 3 is 1.72 bits per heavy atom. The van der Waals surface area contributed by atoms with Crippen LogP contribution in [-0.2, 0) is 19.1 Å². The predicted octanol–water partition coefficient (Wildman–Crippen LogP) is 2.02. The number of rotatable bonds is 5. The summed E-state index contributed by atoms with van der Waals surface area (Å²) >= 11 is 0. The van der Waals surface area contributed by atoms with Crippen LogP contribution >= 0.6 is 0 Å². The molecule has 0 aromatic rings. The van der Waals surface area contributed by atoms with Gasteiger partial charge in [-0.15, -0.1) is 0 Å². The number of alkyl halides is 4. The summed E-state index contributed by atoms with van der Waals surface area (Å²) in [6, 6.07) is 0. The molecule has 0 unspecified atom stereocenters. The summed E-state index contributed by atoms with van der Waals surface area (Å²) in [5, 5.41) is 0. The van der Waals surface area contributed by atoms with E-state index in [0.29, 0.717) is 0 Å². The third kappa shape index (κ3) is 4.89. The Kier molecular flexibility index (Phi) is 5.56. The summed E-state index contributed by atoms with van der Waals surface area (Å²) < 4.78 is 56.7. The van der Waals surface area contributed by atoms with E-state index < -0.39 is 42.9 Å². The van der Waals surface area contributed by atoms with Crippen LogP contribution in [0.2, 0.25) is 0 Å². The van der Waals surface area contributed by atoms with Crippen LogP contribution in [0, 0.1) is 5.41 Å². The molecule has 0 saturated carbocycles. The van der Waals surface area contributed by atoms with Gasteiger partial charge in [0, 0.05) is 0 Å². The largest absolute Gasteiger partial charge is 0.462 e. The van der Waals surface area contributed by atoms with Gasteiger partial charge in [-0.25, -0.2) is 13.6 Å². The van der Waals surface area contributed by atoms with E-state index in [0.717, 1.165) is 0 Å². The molecule has 0 atom stereocenters. The minimum absolute atomic E-state index is 0.471. The highest BCUT2D eigenvalue weighted by atomic mass is 19.3. The molecule has 0 bridgehead atoms. The Balaban J connectivity index is 4.01. The van der Waals surface area contributed by atoms with Crippen molar-refractivity contribution in [1.82, 2.24) is 0 Å². The molecule has 18 heavy (non-hydrogen) atoms. The van der Waals surface area contributed by atoms with Crippen molar-refractivity contribution in [1.29, 1.82) is 0 Å². The molecule has 0 amide bonds. The monoisotopic (exact) mass is 274 g/mol. The van der Waals surface area contributed by atoms with Crippen molar-refractivity contribution in [2.24, 2.45) is 5.41 Å². The first-order chi connectivity index (χ1) is 7.99. The summed E-state index contributed by atoms with van der Waals surface area (Å²) in [5.74, 6) is -7.82. The molecular formula is C10H14F4O4. The molecule has 0 aliphatic carbocycles. The first-order valence-electron chi connectivity index (χ1n) is 5.00. The Bertz CT molecular complexity index is 309. The van der Waals surface area contributed by atoms with E-state index in [1.54, 1.807) is 20.8 Å². The zero-order chi connectivity index (χ0) is 14.6. The Morgan fingerprint density at radius 1 is 1.00 bits per heavy atom. The van der Waals surface area contributed by atoms with E-state index in [1.165, 1.54) is 0 Å². The van der Waals surface area contributed by atoms with Crippen molar-refractivity contribution >= 4 is 11.9 Å². The maximum absolute atomic E-state index is 12.4. The molecule has 106 valence electrons. The fourth-order valence-corrected chi connectivity index (χ4v) is 0.671. The lowest BCUT2D eigenvalue weighted by atomic mass is 9.97. The van der Waals surface area contributed by atoms with E-state index in [9.17, 15) is 27.2 Å². The highest BCUT2D eigenvalue weighted by molar-refractivity contribution is 5.78. The van der Waals surface area contributed by atoms with E-state index in [2.05, 4.69) is 9.47 Å². The second kappa shape index (κ2) is 6.01. The maximum atomic E-state index is 12.4. The zero-order valence-electron chi connectivity index (χ0n) is 10.1. The van der Waals surface area contributed by atoms with Crippen LogP contribution in [0.4, 0.5) is 17.6 Å². The van der Waals surface area contributed by atoms with Crippen LogP contribution in [0.25, 0.3) is 0 Å². The quantitative estimate of drug-likeness (QED) is 0.437. The normalized spacial score (nSPS) is 12.4.